The van der Waals surface area contributed by atoms with E-state index in [1.54, 1.807) is 19.1 Å². The lowest BCUT2D eigenvalue weighted by Crippen LogP contribution is -2.24. The van der Waals surface area contributed by atoms with Gasteiger partial charge < -0.3 is 14.8 Å². The van der Waals surface area contributed by atoms with Gasteiger partial charge >= 0.3 is 5.97 Å². The standard InChI is InChI=1S/C9H11NO4/c1-6-2-3-7(14-6)5-10-8(11)4-9(12)13/h2-3H,4-5H2,1H3,(H,10,11)(H,12,13). The van der Waals surface area contributed by atoms with E-state index in [2.05, 4.69) is 5.32 Å². The monoisotopic (exact) mass is 197 g/mol. The van der Waals surface area contributed by atoms with E-state index in [9.17, 15) is 9.59 Å². The molecule has 0 saturated heterocycles. The largest absolute Gasteiger partial charge is 0.481 e. The molecule has 0 fully saturated rings. The number of hydrogen-bond acceptors (Lipinski definition) is 3. The lowest BCUT2D eigenvalue weighted by atomic mass is 10.4. The summed E-state index contributed by atoms with van der Waals surface area (Å²) in [5, 5.41) is 10.7. The maximum absolute atomic E-state index is 10.9. The van der Waals surface area contributed by atoms with Gasteiger partial charge in [0.25, 0.3) is 0 Å². The van der Waals surface area contributed by atoms with Crippen molar-refractivity contribution in [3.05, 3.63) is 23.7 Å². The third-order valence-electron chi connectivity index (χ3n) is 1.57. The summed E-state index contributed by atoms with van der Waals surface area (Å²) in [6.45, 7) is 2.02. The Balaban J connectivity index is 2.34. The van der Waals surface area contributed by atoms with Crippen LogP contribution in [0.4, 0.5) is 0 Å². The van der Waals surface area contributed by atoms with Crippen LogP contribution in [0.5, 0.6) is 0 Å². The highest BCUT2D eigenvalue weighted by atomic mass is 16.4. The van der Waals surface area contributed by atoms with Crippen LogP contribution in [0, 0.1) is 6.92 Å². The molecule has 0 aliphatic heterocycles. The molecule has 5 heteroatoms. The molecule has 0 atom stereocenters. The number of aryl methyl sites for hydroxylation is 1. The lowest BCUT2D eigenvalue weighted by Gasteiger charge is -1.99. The first-order chi connectivity index (χ1) is 6.58. The Bertz CT molecular complexity index is 342. The van der Waals surface area contributed by atoms with Crippen molar-refractivity contribution < 1.29 is 19.1 Å². The molecule has 0 radical (unpaired) electrons. The normalized spacial score (nSPS) is 9.79. The molecule has 1 heterocycles. The van der Waals surface area contributed by atoms with E-state index in [-0.39, 0.29) is 6.54 Å². The molecule has 0 unspecified atom stereocenters. The summed E-state index contributed by atoms with van der Waals surface area (Å²) in [4.78, 5) is 21.0. The Hall–Kier alpha value is -1.78. The SMILES string of the molecule is Cc1ccc(CNC(=O)CC(=O)O)o1. The summed E-state index contributed by atoms with van der Waals surface area (Å²) in [7, 11) is 0. The van der Waals surface area contributed by atoms with Gasteiger partial charge in [-0.3, -0.25) is 9.59 Å². The van der Waals surface area contributed by atoms with Gasteiger partial charge in [-0.05, 0) is 19.1 Å². The highest BCUT2D eigenvalue weighted by Crippen LogP contribution is 2.05. The fourth-order valence-electron chi connectivity index (χ4n) is 0.966. The van der Waals surface area contributed by atoms with Crippen molar-refractivity contribution in [1.82, 2.24) is 5.32 Å². The molecule has 1 aromatic heterocycles. The number of furan rings is 1. The second-order valence-electron chi connectivity index (χ2n) is 2.86. The number of carbonyl (C=O) groups is 2. The Morgan fingerprint density at radius 1 is 1.50 bits per heavy atom. The van der Waals surface area contributed by atoms with E-state index in [0.29, 0.717) is 5.76 Å². The molecule has 0 aliphatic carbocycles. The number of carbonyl (C=O) groups excluding carboxylic acids is 1. The Labute approximate surface area is 80.7 Å². The summed E-state index contributed by atoms with van der Waals surface area (Å²) in [5.74, 6) is -0.293. The second kappa shape index (κ2) is 4.45. The number of carboxylic acids is 1. The number of aliphatic carboxylic acids is 1. The number of hydrogen-bond donors (Lipinski definition) is 2. The van der Waals surface area contributed by atoms with Crippen LogP contribution in [0.1, 0.15) is 17.9 Å². The van der Waals surface area contributed by atoms with Gasteiger partial charge in [0.15, 0.2) is 0 Å². The number of nitrogens with one attached hydrogen (secondary N) is 1. The molecule has 1 amide bonds. The van der Waals surface area contributed by atoms with Gasteiger partial charge in [0, 0.05) is 0 Å². The Kier molecular flexibility index (Phi) is 3.28. The summed E-state index contributed by atoms with van der Waals surface area (Å²) in [6.07, 6.45) is -0.514. The molecule has 76 valence electrons. The predicted octanol–water partition coefficient (Wildman–Crippen LogP) is 0.679. The molecule has 0 spiro atoms. The van der Waals surface area contributed by atoms with Crippen molar-refractivity contribution in [2.45, 2.75) is 19.9 Å². The van der Waals surface area contributed by atoms with Crippen LogP contribution < -0.4 is 5.32 Å². The van der Waals surface area contributed by atoms with Crippen molar-refractivity contribution in [1.29, 1.82) is 0 Å². The number of carboxylic acid groups (broad SMARTS) is 1. The van der Waals surface area contributed by atoms with Gasteiger partial charge in [-0.25, -0.2) is 0 Å². The maximum Gasteiger partial charge on any atom is 0.312 e. The van der Waals surface area contributed by atoms with E-state index < -0.39 is 18.3 Å². The topological polar surface area (TPSA) is 79.5 Å². The lowest BCUT2D eigenvalue weighted by molar-refractivity contribution is -0.140. The van der Waals surface area contributed by atoms with Crippen molar-refractivity contribution in [3.8, 4) is 0 Å². The molecule has 5 nitrogen and oxygen atoms in total. The first-order valence-electron chi connectivity index (χ1n) is 4.12. The molecule has 2 N–H and O–H groups in total. The smallest absolute Gasteiger partial charge is 0.312 e. The van der Waals surface area contributed by atoms with E-state index in [4.69, 9.17) is 9.52 Å². The van der Waals surface area contributed by atoms with Crippen molar-refractivity contribution in [3.63, 3.8) is 0 Å². The maximum atomic E-state index is 10.9. The molecule has 1 rings (SSSR count). The molecule has 0 saturated carbocycles. The fraction of sp³-hybridized carbons (Fsp3) is 0.333. The van der Waals surface area contributed by atoms with Crippen LogP contribution in [-0.4, -0.2) is 17.0 Å². The van der Waals surface area contributed by atoms with Gasteiger partial charge in [0.1, 0.15) is 17.9 Å². The first-order valence-corrected chi connectivity index (χ1v) is 4.12. The number of amides is 1. The average Bonchev–Trinajstić information content (AvgIpc) is 2.47. The van der Waals surface area contributed by atoms with Crippen molar-refractivity contribution >= 4 is 11.9 Å². The van der Waals surface area contributed by atoms with Gasteiger partial charge in [-0.1, -0.05) is 0 Å². The molecule has 0 aliphatic rings. The highest BCUT2D eigenvalue weighted by molar-refractivity contribution is 5.93. The molecule has 0 aromatic carbocycles. The van der Waals surface area contributed by atoms with Crippen LogP contribution in [0.3, 0.4) is 0 Å². The highest BCUT2D eigenvalue weighted by Gasteiger charge is 2.07. The van der Waals surface area contributed by atoms with E-state index in [1.165, 1.54) is 0 Å². The zero-order chi connectivity index (χ0) is 10.6. The summed E-state index contributed by atoms with van der Waals surface area (Å²) >= 11 is 0. The first kappa shape index (κ1) is 10.3. The molecule has 14 heavy (non-hydrogen) atoms. The van der Waals surface area contributed by atoms with Crippen LogP contribution >= 0.6 is 0 Å². The van der Waals surface area contributed by atoms with Crippen LogP contribution in [0.2, 0.25) is 0 Å². The minimum atomic E-state index is -1.14. The summed E-state index contributed by atoms with van der Waals surface area (Å²) in [6, 6.07) is 3.51. The van der Waals surface area contributed by atoms with E-state index in [0.717, 1.165) is 5.76 Å². The van der Waals surface area contributed by atoms with Crippen LogP contribution in [0.25, 0.3) is 0 Å². The molecular weight excluding hydrogens is 186 g/mol. The van der Waals surface area contributed by atoms with Gasteiger partial charge in [0.05, 0.1) is 6.54 Å². The van der Waals surface area contributed by atoms with Crippen molar-refractivity contribution in [2.75, 3.05) is 0 Å². The van der Waals surface area contributed by atoms with Crippen LogP contribution in [0.15, 0.2) is 16.5 Å². The summed E-state index contributed by atoms with van der Waals surface area (Å²) in [5.41, 5.74) is 0. The number of rotatable bonds is 4. The predicted molar refractivity (Wildman–Crippen MR) is 47.5 cm³/mol. The average molecular weight is 197 g/mol. The molecular formula is C9H11NO4. The fourth-order valence-corrected chi connectivity index (χ4v) is 0.966. The zero-order valence-corrected chi connectivity index (χ0v) is 7.74. The Morgan fingerprint density at radius 2 is 2.21 bits per heavy atom. The second-order valence-corrected chi connectivity index (χ2v) is 2.86. The minimum absolute atomic E-state index is 0.222. The minimum Gasteiger partial charge on any atom is -0.481 e. The van der Waals surface area contributed by atoms with Gasteiger partial charge in [-0.15, -0.1) is 0 Å². The summed E-state index contributed by atoms with van der Waals surface area (Å²) < 4.78 is 5.18. The molecule has 1 aromatic rings. The van der Waals surface area contributed by atoms with E-state index in [1.807, 2.05) is 0 Å². The third-order valence-corrected chi connectivity index (χ3v) is 1.57. The van der Waals surface area contributed by atoms with Gasteiger partial charge in [0.2, 0.25) is 5.91 Å². The Morgan fingerprint density at radius 3 is 2.71 bits per heavy atom. The zero-order valence-electron chi connectivity index (χ0n) is 7.74. The van der Waals surface area contributed by atoms with E-state index >= 15 is 0 Å². The van der Waals surface area contributed by atoms with Crippen LogP contribution in [-0.2, 0) is 16.1 Å². The van der Waals surface area contributed by atoms with Crippen molar-refractivity contribution in [2.24, 2.45) is 0 Å². The quantitative estimate of drug-likeness (QED) is 0.695. The van der Waals surface area contributed by atoms with Gasteiger partial charge in [-0.2, -0.15) is 0 Å². The third kappa shape index (κ3) is 3.30. The molecule has 0 bridgehead atoms.